The Morgan fingerprint density at radius 1 is 1.18 bits per heavy atom. The highest BCUT2D eigenvalue weighted by Crippen LogP contribution is 2.18. The number of aliphatic hydroxyl groups excluding tert-OH is 1. The molecule has 0 bridgehead atoms. The number of hydrogen-bond donors (Lipinski definition) is 2. The van der Waals surface area contributed by atoms with Gasteiger partial charge in [-0.05, 0) is 19.3 Å². The molecule has 0 aromatic rings. The third-order valence-electron chi connectivity index (χ3n) is 3.14. The topological polar surface area (TPSA) is 83.6 Å². The predicted octanol–water partition coefficient (Wildman–Crippen LogP) is 0.536. The molecule has 5 nitrogen and oxygen atoms in total. The van der Waals surface area contributed by atoms with Gasteiger partial charge in [-0.25, -0.2) is 8.42 Å². The maximum atomic E-state index is 12.4. The molecule has 0 aliphatic carbocycles. The van der Waals surface area contributed by atoms with Gasteiger partial charge in [0.25, 0.3) is 0 Å². The molecule has 6 heteroatoms. The molecule has 0 saturated carbocycles. The van der Waals surface area contributed by atoms with E-state index in [1.807, 2.05) is 20.8 Å². The lowest BCUT2D eigenvalue weighted by molar-refractivity contribution is 0.218. The molecule has 0 aliphatic heterocycles. The highest BCUT2D eigenvalue weighted by Gasteiger charge is 2.33. The van der Waals surface area contributed by atoms with Crippen LogP contribution < -0.4 is 5.73 Å². The molecule has 104 valence electrons. The number of hydrogen-bond acceptors (Lipinski definition) is 4. The summed E-state index contributed by atoms with van der Waals surface area (Å²) in [6.07, 6.45) is 1.99. The lowest BCUT2D eigenvalue weighted by Crippen LogP contribution is -2.48. The summed E-state index contributed by atoms with van der Waals surface area (Å²) in [5, 5.41) is 8.48. The maximum Gasteiger partial charge on any atom is 0.218 e. The smallest absolute Gasteiger partial charge is 0.218 e. The SMILES string of the molecule is CCC(CC)N(CCO)S(=O)(=O)C(CC)CN. The van der Waals surface area contributed by atoms with Crippen LogP contribution in [0.2, 0.25) is 0 Å². The van der Waals surface area contributed by atoms with Crippen LogP contribution in [0.25, 0.3) is 0 Å². The fourth-order valence-corrected chi connectivity index (χ4v) is 4.10. The van der Waals surface area contributed by atoms with Crippen LogP contribution in [-0.4, -0.2) is 48.8 Å². The zero-order chi connectivity index (χ0) is 13.5. The van der Waals surface area contributed by atoms with Gasteiger partial charge in [0.2, 0.25) is 10.0 Å². The quantitative estimate of drug-likeness (QED) is 0.638. The van der Waals surface area contributed by atoms with Crippen LogP contribution in [0, 0.1) is 0 Å². The summed E-state index contributed by atoms with van der Waals surface area (Å²) in [5.41, 5.74) is 5.52. The van der Waals surface area contributed by atoms with Gasteiger partial charge in [0.05, 0.1) is 11.9 Å². The number of aliphatic hydroxyl groups is 1. The highest BCUT2D eigenvalue weighted by molar-refractivity contribution is 7.89. The second kappa shape index (κ2) is 8.02. The van der Waals surface area contributed by atoms with Crippen molar-refractivity contribution in [1.29, 1.82) is 0 Å². The van der Waals surface area contributed by atoms with Gasteiger partial charge < -0.3 is 10.8 Å². The van der Waals surface area contributed by atoms with Gasteiger partial charge in [0.15, 0.2) is 0 Å². The van der Waals surface area contributed by atoms with E-state index in [1.165, 1.54) is 4.31 Å². The Hall–Kier alpha value is -0.170. The van der Waals surface area contributed by atoms with E-state index >= 15 is 0 Å². The van der Waals surface area contributed by atoms with Gasteiger partial charge in [-0.15, -0.1) is 0 Å². The van der Waals surface area contributed by atoms with Crippen LogP contribution in [0.1, 0.15) is 40.0 Å². The molecular formula is C11H26N2O3S. The summed E-state index contributed by atoms with van der Waals surface area (Å²) >= 11 is 0. The monoisotopic (exact) mass is 266 g/mol. The molecule has 0 fully saturated rings. The Morgan fingerprint density at radius 2 is 1.71 bits per heavy atom. The summed E-state index contributed by atoms with van der Waals surface area (Å²) in [6, 6.07) is -0.0484. The molecule has 0 radical (unpaired) electrons. The van der Waals surface area contributed by atoms with Crippen molar-refractivity contribution in [2.45, 2.75) is 51.3 Å². The zero-order valence-electron chi connectivity index (χ0n) is 11.1. The molecule has 3 N–H and O–H groups in total. The number of nitrogens with zero attached hydrogens (tertiary/aromatic N) is 1. The lowest BCUT2D eigenvalue weighted by atomic mass is 10.2. The van der Waals surface area contributed by atoms with E-state index in [0.717, 1.165) is 12.8 Å². The molecule has 0 saturated heterocycles. The predicted molar refractivity (Wildman–Crippen MR) is 70.2 cm³/mol. The maximum absolute atomic E-state index is 12.4. The summed E-state index contributed by atoms with van der Waals surface area (Å²) in [5.74, 6) is 0. The number of nitrogens with two attached hydrogens (primary N) is 1. The molecule has 0 aliphatic rings. The minimum atomic E-state index is -3.40. The fraction of sp³-hybridized carbons (Fsp3) is 1.00. The molecule has 0 aromatic heterocycles. The molecule has 0 spiro atoms. The van der Waals surface area contributed by atoms with Crippen LogP contribution in [0.3, 0.4) is 0 Å². The van der Waals surface area contributed by atoms with Gasteiger partial charge in [0, 0.05) is 19.1 Å². The second-order valence-corrected chi connectivity index (χ2v) is 6.28. The summed E-state index contributed by atoms with van der Waals surface area (Å²) in [7, 11) is -3.40. The first kappa shape index (κ1) is 16.8. The molecule has 0 amide bonds. The molecule has 0 aromatic carbocycles. The third-order valence-corrected chi connectivity index (χ3v) is 5.64. The largest absolute Gasteiger partial charge is 0.395 e. The van der Waals surface area contributed by atoms with Crippen LogP contribution >= 0.6 is 0 Å². The van der Waals surface area contributed by atoms with E-state index in [4.69, 9.17) is 10.8 Å². The molecule has 0 heterocycles. The van der Waals surface area contributed by atoms with E-state index < -0.39 is 15.3 Å². The van der Waals surface area contributed by atoms with E-state index in [-0.39, 0.29) is 25.7 Å². The number of sulfonamides is 1. The van der Waals surface area contributed by atoms with E-state index in [1.54, 1.807) is 0 Å². The first-order valence-electron chi connectivity index (χ1n) is 6.30. The number of rotatable bonds is 9. The van der Waals surface area contributed by atoms with E-state index in [2.05, 4.69) is 0 Å². The van der Waals surface area contributed by atoms with Crippen molar-refractivity contribution < 1.29 is 13.5 Å². The van der Waals surface area contributed by atoms with E-state index in [0.29, 0.717) is 6.42 Å². The Balaban J connectivity index is 5.15. The Kier molecular flexibility index (Phi) is 7.94. The molecular weight excluding hydrogens is 240 g/mol. The van der Waals surface area contributed by atoms with Crippen molar-refractivity contribution in [1.82, 2.24) is 4.31 Å². The molecule has 1 unspecified atom stereocenters. The van der Waals surface area contributed by atoms with Gasteiger partial charge >= 0.3 is 0 Å². The minimum absolute atomic E-state index is 0.0484. The van der Waals surface area contributed by atoms with Gasteiger partial charge in [-0.2, -0.15) is 4.31 Å². The van der Waals surface area contributed by atoms with E-state index in [9.17, 15) is 8.42 Å². The Labute approximate surface area is 105 Å². The van der Waals surface area contributed by atoms with Gasteiger partial charge in [-0.3, -0.25) is 0 Å². The molecule has 0 rings (SSSR count). The Bertz CT molecular complexity index is 285. The summed E-state index contributed by atoms with van der Waals surface area (Å²) < 4.78 is 26.2. The standard InChI is InChI=1S/C11H26N2O3S/c1-4-10(5-2)13(7-8-14)17(15,16)11(6-3)9-12/h10-11,14H,4-9,12H2,1-3H3. The van der Waals surface area contributed by atoms with Crippen LogP contribution in [-0.2, 0) is 10.0 Å². The van der Waals surface area contributed by atoms with Crippen molar-refractivity contribution in [3.63, 3.8) is 0 Å². The third kappa shape index (κ3) is 4.21. The zero-order valence-corrected chi connectivity index (χ0v) is 11.9. The molecule has 1 atom stereocenters. The van der Waals surface area contributed by atoms with Crippen molar-refractivity contribution in [3.8, 4) is 0 Å². The van der Waals surface area contributed by atoms with Crippen molar-refractivity contribution in [2.75, 3.05) is 19.7 Å². The minimum Gasteiger partial charge on any atom is -0.395 e. The summed E-state index contributed by atoms with van der Waals surface area (Å²) in [6.45, 7) is 5.86. The normalized spacial score (nSPS) is 14.5. The fourth-order valence-electron chi connectivity index (χ4n) is 2.00. The summed E-state index contributed by atoms with van der Waals surface area (Å²) in [4.78, 5) is 0. The van der Waals surface area contributed by atoms with Crippen LogP contribution in [0.15, 0.2) is 0 Å². The van der Waals surface area contributed by atoms with Gasteiger partial charge in [-0.1, -0.05) is 20.8 Å². The Morgan fingerprint density at radius 3 is 2.00 bits per heavy atom. The van der Waals surface area contributed by atoms with Crippen molar-refractivity contribution in [2.24, 2.45) is 5.73 Å². The van der Waals surface area contributed by atoms with Crippen LogP contribution in [0.5, 0.6) is 0 Å². The van der Waals surface area contributed by atoms with Crippen molar-refractivity contribution >= 4 is 10.0 Å². The average Bonchev–Trinajstić information content (AvgIpc) is 2.30. The second-order valence-electron chi connectivity index (χ2n) is 4.12. The van der Waals surface area contributed by atoms with Crippen molar-refractivity contribution in [3.05, 3.63) is 0 Å². The first-order chi connectivity index (χ1) is 7.99. The molecule has 17 heavy (non-hydrogen) atoms. The van der Waals surface area contributed by atoms with Gasteiger partial charge in [0.1, 0.15) is 0 Å². The highest BCUT2D eigenvalue weighted by atomic mass is 32.2. The average molecular weight is 266 g/mol. The van der Waals surface area contributed by atoms with Crippen LogP contribution in [0.4, 0.5) is 0 Å². The first-order valence-corrected chi connectivity index (χ1v) is 7.81. The lowest BCUT2D eigenvalue weighted by Gasteiger charge is -2.32.